The minimum absolute atomic E-state index is 0.584. The van der Waals surface area contributed by atoms with Crippen molar-refractivity contribution in [3.8, 4) is 0 Å². The molecule has 0 bridgehead atoms. The highest BCUT2D eigenvalue weighted by atomic mass is 14.9. The minimum atomic E-state index is 0.584. The normalized spacial score (nSPS) is 21.7. The lowest BCUT2D eigenvalue weighted by molar-refractivity contribution is 0.443. The van der Waals surface area contributed by atoms with E-state index in [1.807, 2.05) is 0 Å². The van der Waals surface area contributed by atoms with Gasteiger partial charge >= 0.3 is 0 Å². The molecule has 1 aliphatic heterocycles. The van der Waals surface area contributed by atoms with E-state index in [1.165, 1.54) is 37.1 Å². The van der Waals surface area contributed by atoms with Crippen LogP contribution >= 0.6 is 0 Å². The molecular formula is C14H21N3. The number of nitrogens with zero attached hydrogens (tertiary/aromatic N) is 2. The van der Waals surface area contributed by atoms with Crippen LogP contribution in [-0.4, -0.2) is 23.1 Å². The maximum Gasteiger partial charge on any atom is 0.132 e. The summed E-state index contributed by atoms with van der Waals surface area (Å²) in [6, 6.07) is 2.22. The van der Waals surface area contributed by atoms with Crippen molar-refractivity contribution in [2.24, 2.45) is 0 Å². The van der Waals surface area contributed by atoms with Gasteiger partial charge in [0.1, 0.15) is 5.82 Å². The van der Waals surface area contributed by atoms with Crippen molar-refractivity contribution in [1.82, 2.24) is 15.3 Å². The molecular weight excluding hydrogens is 210 g/mol. The number of hydrogen-bond donors (Lipinski definition) is 1. The van der Waals surface area contributed by atoms with Crippen molar-refractivity contribution in [1.29, 1.82) is 0 Å². The van der Waals surface area contributed by atoms with Crippen LogP contribution in [-0.2, 0) is 6.42 Å². The summed E-state index contributed by atoms with van der Waals surface area (Å²) in [5.74, 6) is 2.44. The van der Waals surface area contributed by atoms with Crippen molar-refractivity contribution in [2.75, 3.05) is 13.1 Å². The Balaban J connectivity index is 1.88. The van der Waals surface area contributed by atoms with Crippen LogP contribution in [0.25, 0.3) is 0 Å². The molecule has 1 aromatic heterocycles. The fourth-order valence-electron chi connectivity index (χ4n) is 2.57. The Hall–Kier alpha value is -0.960. The van der Waals surface area contributed by atoms with Crippen LogP contribution < -0.4 is 5.32 Å². The van der Waals surface area contributed by atoms with Gasteiger partial charge in [-0.25, -0.2) is 9.97 Å². The molecule has 17 heavy (non-hydrogen) atoms. The zero-order valence-corrected chi connectivity index (χ0v) is 10.6. The molecule has 2 heterocycles. The van der Waals surface area contributed by atoms with Gasteiger partial charge in [0.05, 0.1) is 0 Å². The zero-order chi connectivity index (χ0) is 11.7. The second-order valence-corrected chi connectivity index (χ2v) is 5.29. The van der Waals surface area contributed by atoms with E-state index in [9.17, 15) is 0 Å². The van der Waals surface area contributed by atoms with Crippen LogP contribution in [0.15, 0.2) is 6.07 Å². The van der Waals surface area contributed by atoms with Gasteiger partial charge < -0.3 is 5.32 Å². The van der Waals surface area contributed by atoms with Crippen molar-refractivity contribution in [2.45, 2.75) is 50.9 Å². The Morgan fingerprint density at radius 1 is 1.12 bits per heavy atom. The van der Waals surface area contributed by atoms with Crippen molar-refractivity contribution >= 4 is 0 Å². The number of hydrogen-bond acceptors (Lipinski definition) is 3. The van der Waals surface area contributed by atoms with E-state index in [-0.39, 0.29) is 0 Å². The predicted octanol–water partition coefficient (Wildman–Crippen LogP) is 2.38. The van der Waals surface area contributed by atoms with Gasteiger partial charge in [-0.3, -0.25) is 0 Å². The molecule has 0 spiro atoms. The first-order valence-corrected chi connectivity index (χ1v) is 6.95. The Bertz CT molecular complexity index is 392. The maximum atomic E-state index is 4.83. The van der Waals surface area contributed by atoms with Crippen molar-refractivity contribution < 1.29 is 0 Å². The van der Waals surface area contributed by atoms with E-state index in [0.717, 1.165) is 31.3 Å². The Morgan fingerprint density at radius 3 is 2.53 bits per heavy atom. The van der Waals surface area contributed by atoms with Gasteiger partial charge in [0, 0.05) is 23.2 Å². The molecule has 1 aliphatic carbocycles. The van der Waals surface area contributed by atoms with Crippen molar-refractivity contribution in [3.63, 3.8) is 0 Å². The SMILES string of the molecule is CCc1cc(C2CC2)nc(C2CCNCC2)n1. The fourth-order valence-corrected chi connectivity index (χ4v) is 2.57. The van der Waals surface area contributed by atoms with E-state index in [1.54, 1.807) is 0 Å². The summed E-state index contributed by atoms with van der Waals surface area (Å²) >= 11 is 0. The third-order valence-corrected chi connectivity index (χ3v) is 3.88. The average Bonchev–Trinajstić information content (AvgIpc) is 3.23. The molecule has 3 rings (SSSR count). The summed E-state index contributed by atoms with van der Waals surface area (Å²) in [6.45, 7) is 4.41. The smallest absolute Gasteiger partial charge is 0.132 e. The Morgan fingerprint density at radius 2 is 1.88 bits per heavy atom. The lowest BCUT2D eigenvalue weighted by Gasteiger charge is -2.22. The van der Waals surface area contributed by atoms with Crippen LogP contribution in [0.4, 0.5) is 0 Å². The van der Waals surface area contributed by atoms with E-state index >= 15 is 0 Å². The lowest BCUT2D eigenvalue weighted by Crippen LogP contribution is -2.27. The molecule has 3 heteroatoms. The van der Waals surface area contributed by atoms with E-state index in [0.29, 0.717) is 5.92 Å². The van der Waals surface area contributed by atoms with Gasteiger partial charge in [0.15, 0.2) is 0 Å². The third-order valence-electron chi connectivity index (χ3n) is 3.88. The minimum Gasteiger partial charge on any atom is -0.317 e. The van der Waals surface area contributed by atoms with Crippen LogP contribution in [0.3, 0.4) is 0 Å². The first-order valence-electron chi connectivity index (χ1n) is 6.95. The van der Waals surface area contributed by atoms with Crippen LogP contribution in [0.5, 0.6) is 0 Å². The zero-order valence-electron chi connectivity index (χ0n) is 10.6. The topological polar surface area (TPSA) is 37.8 Å². The number of rotatable bonds is 3. The third kappa shape index (κ3) is 2.49. The molecule has 2 fully saturated rings. The lowest BCUT2D eigenvalue weighted by atomic mass is 9.97. The molecule has 3 nitrogen and oxygen atoms in total. The van der Waals surface area contributed by atoms with Gasteiger partial charge in [0.25, 0.3) is 0 Å². The highest BCUT2D eigenvalue weighted by Crippen LogP contribution is 2.39. The second-order valence-electron chi connectivity index (χ2n) is 5.29. The first-order chi connectivity index (χ1) is 8.36. The summed E-state index contributed by atoms with van der Waals surface area (Å²) in [5, 5.41) is 3.41. The standard InChI is InChI=1S/C14H21N3/c1-2-12-9-13(10-3-4-10)17-14(16-12)11-5-7-15-8-6-11/h9-11,15H,2-8H2,1H3. The molecule has 0 radical (unpaired) electrons. The number of nitrogens with one attached hydrogen (secondary N) is 1. The monoisotopic (exact) mass is 231 g/mol. The molecule has 0 unspecified atom stereocenters. The number of piperidine rings is 1. The quantitative estimate of drug-likeness (QED) is 0.868. The van der Waals surface area contributed by atoms with E-state index in [4.69, 9.17) is 9.97 Å². The molecule has 0 atom stereocenters. The first kappa shape index (κ1) is 11.1. The highest BCUT2D eigenvalue weighted by Gasteiger charge is 2.27. The molecule has 0 aromatic carbocycles. The maximum absolute atomic E-state index is 4.83. The molecule has 0 amide bonds. The molecule has 1 saturated heterocycles. The molecule has 92 valence electrons. The van der Waals surface area contributed by atoms with Crippen LogP contribution in [0, 0.1) is 0 Å². The van der Waals surface area contributed by atoms with Gasteiger partial charge in [-0.15, -0.1) is 0 Å². The molecule has 2 aliphatic rings. The summed E-state index contributed by atoms with van der Waals surface area (Å²) in [5.41, 5.74) is 2.54. The van der Waals surface area contributed by atoms with E-state index < -0.39 is 0 Å². The highest BCUT2D eigenvalue weighted by molar-refractivity contribution is 5.20. The van der Waals surface area contributed by atoms with Crippen LogP contribution in [0.1, 0.15) is 61.7 Å². The second kappa shape index (κ2) is 4.73. The van der Waals surface area contributed by atoms with Gasteiger partial charge in [-0.1, -0.05) is 6.92 Å². The summed E-state index contributed by atoms with van der Waals surface area (Å²) in [7, 11) is 0. The summed E-state index contributed by atoms with van der Waals surface area (Å²) in [6.07, 6.45) is 6.06. The Labute approximate surface area is 103 Å². The van der Waals surface area contributed by atoms with Gasteiger partial charge in [0.2, 0.25) is 0 Å². The molecule has 1 saturated carbocycles. The number of aryl methyl sites for hydroxylation is 1. The van der Waals surface area contributed by atoms with Crippen LogP contribution in [0.2, 0.25) is 0 Å². The van der Waals surface area contributed by atoms with E-state index in [2.05, 4.69) is 18.3 Å². The largest absolute Gasteiger partial charge is 0.317 e. The summed E-state index contributed by atoms with van der Waals surface area (Å²) in [4.78, 5) is 9.57. The van der Waals surface area contributed by atoms with Crippen molar-refractivity contribution in [3.05, 3.63) is 23.3 Å². The van der Waals surface area contributed by atoms with Gasteiger partial charge in [-0.2, -0.15) is 0 Å². The average molecular weight is 231 g/mol. The van der Waals surface area contributed by atoms with Gasteiger partial charge in [-0.05, 0) is 51.3 Å². The number of aromatic nitrogens is 2. The fraction of sp³-hybridized carbons (Fsp3) is 0.714. The summed E-state index contributed by atoms with van der Waals surface area (Å²) < 4.78 is 0. The predicted molar refractivity (Wildman–Crippen MR) is 68.2 cm³/mol. The molecule has 1 N–H and O–H groups in total. The Kier molecular flexibility index (Phi) is 3.10. The molecule has 1 aromatic rings.